The quantitative estimate of drug-likeness (QED) is 0.571. The third-order valence-corrected chi connectivity index (χ3v) is 4.00. The van der Waals surface area contributed by atoms with Crippen LogP contribution in [0.5, 0.6) is 0 Å². The normalized spacial score (nSPS) is 11.0. The molecule has 0 unspecified atom stereocenters. The van der Waals surface area contributed by atoms with Crippen LogP contribution in [-0.2, 0) is 6.18 Å². The van der Waals surface area contributed by atoms with Gasteiger partial charge < -0.3 is 10.6 Å². The fourth-order valence-corrected chi connectivity index (χ4v) is 2.58. The van der Waals surface area contributed by atoms with Crippen LogP contribution in [0.4, 0.5) is 30.2 Å². The van der Waals surface area contributed by atoms with Crippen molar-refractivity contribution in [2.24, 2.45) is 0 Å². The van der Waals surface area contributed by atoms with Crippen molar-refractivity contribution >= 4 is 28.8 Å². The minimum atomic E-state index is -4.50. The first-order valence-electron chi connectivity index (χ1n) is 8.55. The summed E-state index contributed by atoms with van der Waals surface area (Å²) >= 11 is 0. The summed E-state index contributed by atoms with van der Waals surface area (Å²) in [5.41, 5.74) is 0.896. The molecule has 0 bridgehead atoms. The molecule has 1 aromatic heterocycles. The Bertz CT molecular complexity index is 1060. The number of carbonyl (C=O) groups is 2. The van der Waals surface area contributed by atoms with Gasteiger partial charge in [0.25, 0.3) is 5.91 Å². The summed E-state index contributed by atoms with van der Waals surface area (Å²) in [5.74, 6) is -0.727. The molecule has 3 rings (SSSR count). The first-order valence-corrected chi connectivity index (χ1v) is 8.55. The molecule has 0 spiro atoms. The van der Waals surface area contributed by atoms with Gasteiger partial charge in [0.2, 0.25) is 0 Å². The maximum absolute atomic E-state index is 12.8. The van der Waals surface area contributed by atoms with Crippen LogP contribution in [0.25, 0.3) is 0 Å². The lowest BCUT2D eigenvalue weighted by atomic mass is 10.1. The summed E-state index contributed by atoms with van der Waals surface area (Å²) in [4.78, 5) is 27.9. The second-order valence-corrected chi connectivity index (χ2v) is 6.22. The van der Waals surface area contributed by atoms with E-state index in [0.29, 0.717) is 16.9 Å². The second-order valence-electron chi connectivity index (χ2n) is 6.22. The summed E-state index contributed by atoms with van der Waals surface area (Å²) in [7, 11) is 0. The number of ketones is 1. The van der Waals surface area contributed by atoms with E-state index in [1.54, 1.807) is 30.3 Å². The molecule has 5 nitrogen and oxygen atoms in total. The zero-order chi connectivity index (χ0) is 21.0. The van der Waals surface area contributed by atoms with Crippen LogP contribution in [0.3, 0.4) is 0 Å². The Hall–Kier alpha value is -3.68. The maximum Gasteiger partial charge on any atom is 0.416 e. The van der Waals surface area contributed by atoms with Gasteiger partial charge in [0.15, 0.2) is 5.78 Å². The molecule has 1 heterocycles. The van der Waals surface area contributed by atoms with Crippen molar-refractivity contribution in [3.05, 3.63) is 83.7 Å². The fourth-order valence-electron chi connectivity index (χ4n) is 2.58. The van der Waals surface area contributed by atoms with Gasteiger partial charge in [-0.15, -0.1) is 0 Å². The molecule has 0 atom stereocenters. The molecule has 148 valence electrons. The number of aromatic nitrogens is 1. The molecule has 3 aromatic rings. The lowest BCUT2D eigenvalue weighted by Gasteiger charge is -2.11. The Morgan fingerprint density at radius 3 is 2.31 bits per heavy atom. The van der Waals surface area contributed by atoms with E-state index in [4.69, 9.17) is 0 Å². The summed E-state index contributed by atoms with van der Waals surface area (Å²) in [5, 5.41) is 5.48. The topological polar surface area (TPSA) is 71.1 Å². The maximum atomic E-state index is 12.8. The number of anilines is 3. The van der Waals surface area contributed by atoms with Gasteiger partial charge >= 0.3 is 6.18 Å². The number of benzene rings is 2. The van der Waals surface area contributed by atoms with Gasteiger partial charge in [-0.2, -0.15) is 13.2 Å². The highest BCUT2D eigenvalue weighted by Gasteiger charge is 2.30. The predicted molar refractivity (Wildman–Crippen MR) is 103 cm³/mol. The number of hydrogen-bond donors (Lipinski definition) is 2. The third kappa shape index (κ3) is 5.19. The van der Waals surface area contributed by atoms with E-state index in [1.807, 2.05) is 0 Å². The van der Waals surface area contributed by atoms with Crippen LogP contribution in [0.1, 0.15) is 33.3 Å². The smallest absolute Gasteiger partial charge is 0.355 e. The Morgan fingerprint density at radius 1 is 0.897 bits per heavy atom. The zero-order valence-corrected chi connectivity index (χ0v) is 15.2. The lowest BCUT2D eigenvalue weighted by molar-refractivity contribution is -0.137. The Labute approximate surface area is 164 Å². The van der Waals surface area contributed by atoms with Crippen molar-refractivity contribution in [1.29, 1.82) is 0 Å². The molecule has 0 fully saturated rings. The number of carbonyl (C=O) groups excluding carboxylic acids is 2. The number of nitrogens with one attached hydrogen (secondary N) is 2. The summed E-state index contributed by atoms with van der Waals surface area (Å²) in [6.45, 7) is 1.46. The van der Waals surface area contributed by atoms with E-state index in [2.05, 4.69) is 15.6 Å². The monoisotopic (exact) mass is 399 g/mol. The Kier molecular flexibility index (Phi) is 5.63. The highest BCUT2D eigenvalue weighted by molar-refractivity contribution is 6.03. The van der Waals surface area contributed by atoms with Gasteiger partial charge in [-0.3, -0.25) is 14.6 Å². The van der Waals surface area contributed by atoms with E-state index in [0.717, 1.165) is 12.1 Å². The van der Waals surface area contributed by atoms with Gasteiger partial charge in [0.05, 0.1) is 5.56 Å². The summed E-state index contributed by atoms with van der Waals surface area (Å²) in [6, 6.07) is 14.3. The second kappa shape index (κ2) is 8.14. The average molecular weight is 399 g/mol. The lowest BCUT2D eigenvalue weighted by Crippen LogP contribution is -2.14. The standard InChI is InChI=1S/C21H16F3N3O2/c1-13(28)14-4-2-6-16(10-14)26-18-8-9-25-19(12-18)20(29)27-17-7-3-5-15(11-17)21(22,23)24/h2-12H,1H3,(H,25,26)(H,27,29). The van der Waals surface area contributed by atoms with E-state index >= 15 is 0 Å². The van der Waals surface area contributed by atoms with Gasteiger partial charge in [-0.1, -0.05) is 18.2 Å². The molecule has 0 saturated carbocycles. The van der Waals surface area contributed by atoms with Crippen LogP contribution in [-0.4, -0.2) is 16.7 Å². The number of halogens is 3. The molecule has 8 heteroatoms. The SMILES string of the molecule is CC(=O)c1cccc(Nc2ccnc(C(=O)Nc3cccc(C(F)(F)F)c3)c2)c1. The van der Waals surface area contributed by atoms with Crippen molar-refractivity contribution in [2.75, 3.05) is 10.6 Å². The first-order chi connectivity index (χ1) is 13.7. The van der Waals surface area contributed by atoms with E-state index in [1.165, 1.54) is 31.3 Å². The van der Waals surface area contributed by atoms with Crippen LogP contribution in [0.15, 0.2) is 66.9 Å². The minimum absolute atomic E-state index is 0.0131. The molecule has 2 aromatic carbocycles. The molecule has 2 N–H and O–H groups in total. The molecule has 29 heavy (non-hydrogen) atoms. The molecule has 0 aliphatic heterocycles. The molecule has 0 saturated heterocycles. The van der Waals surface area contributed by atoms with Crippen LogP contribution in [0.2, 0.25) is 0 Å². The number of alkyl halides is 3. The zero-order valence-electron chi connectivity index (χ0n) is 15.2. The van der Waals surface area contributed by atoms with Crippen molar-refractivity contribution in [3.8, 4) is 0 Å². The average Bonchev–Trinajstić information content (AvgIpc) is 2.68. The van der Waals surface area contributed by atoms with Gasteiger partial charge in [-0.05, 0) is 49.4 Å². The number of hydrogen-bond acceptors (Lipinski definition) is 4. The number of nitrogens with zero attached hydrogens (tertiary/aromatic N) is 1. The molecular weight excluding hydrogens is 383 g/mol. The molecular formula is C21H16F3N3O2. The van der Waals surface area contributed by atoms with Crippen molar-refractivity contribution < 1.29 is 22.8 Å². The fraction of sp³-hybridized carbons (Fsp3) is 0.0952. The highest BCUT2D eigenvalue weighted by Crippen LogP contribution is 2.30. The van der Waals surface area contributed by atoms with Crippen LogP contribution in [0, 0.1) is 0 Å². The van der Waals surface area contributed by atoms with Gasteiger partial charge in [0, 0.05) is 28.8 Å². The largest absolute Gasteiger partial charge is 0.416 e. The summed E-state index contributed by atoms with van der Waals surface area (Å²) < 4.78 is 38.4. The van der Waals surface area contributed by atoms with E-state index in [-0.39, 0.29) is 17.2 Å². The molecule has 0 aliphatic rings. The number of Topliss-reactive ketones (excluding diaryl/α,β-unsaturated/α-hetero) is 1. The van der Waals surface area contributed by atoms with Gasteiger partial charge in [-0.25, -0.2) is 0 Å². The Morgan fingerprint density at radius 2 is 1.59 bits per heavy atom. The van der Waals surface area contributed by atoms with Crippen molar-refractivity contribution in [1.82, 2.24) is 4.98 Å². The van der Waals surface area contributed by atoms with Crippen molar-refractivity contribution in [2.45, 2.75) is 13.1 Å². The predicted octanol–water partition coefficient (Wildman–Crippen LogP) is 5.30. The third-order valence-electron chi connectivity index (χ3n) is 4.00. The molecule has 1 amide bonds. The van der Waals surface area contributed by atoms with Crippen molar-refractivity contribution in [3.63, 3.8) is 0 Å². The van der Waals surface area contributed by atoms with Crippen LogP contribution >= 0.6 is 0 Å². The van der Waals surface area contributed by atoms with Gasteiger partial charge in [0.1, 0.15) is 5.69 Å². The number of amides is 1. The molecule has 0 aliphatic carbocycles. The minimum Gasteiger partial charge on any atom is -0.355 e. The first kappa shape index (κ1) is 20.1. The molecule has 0 radical (unpaired) electrons. The Balaban J connectivity index is 1.76. The van der Waals surface area contributed by atoms with E-state index in [9.17, 15) is 22.8 Å². The van der Waals surface area contributed by atoms with Crippen LogP contribution < -0.4 is 10.6 Å². The highest BCUT2D eigenvalue weighted by atomic mass is 19.4. The summed E-state index contributed by atoms with van der Waals surface area (Å²) in [6.07, 6.45) is -3.10. The number of pyridine rings is 1. The number of rotatable bonds is 5. The van der Waals surface area contributed by atoms with E-state index < -0.39 is 17.6 Å².